The first kappa shape index (κ1) is 9.35. The molecule has 0 bridgehead atoms. The van der Waals surface area contributed by atoms with Crippen LogP contribution in [-0.4, -0.2) is 24.9 Å². The van der Waals surface area contributed by atoms with Crippen LogP contribution in [0, 0.1) is 0 Å². The van der Waals surface area contributed by atoms with Crippen LogP contribution in [-0.2, 0) is 8.54 Å². The summed E-state index contributed by atoms with van der Waals surface area (Å²) >= 11 is 0. The molecule has 0 unspecified atom stereocenters. The van der Waals surface area contributed by atoms with Gasteiger partial charge in [-0.1, -0.05) is 6.55 Å². The van der Waals surface area contributed by atoms with Gasteiger partial charge in [-0.25, -0.2) is 0 Å². The molecule has 0 N–H and O–H groups in total. The van der Waals surface area contributed by atoms with E-state index in [1.54, 1.807) is 0 Å². The minimum absolute atomic E-state index is 0.274. The van der Waals surface area contributed by atoms with E-state index < -0.39 is 8.56 Å². The van der Waals surface area contributed by atoms with Crippen molar-refractivity contribution in [3.05, 3.63) is 0 Å². The second kappa shape index (κ2) is 4.21. The first-order valence-corrected chi connectivity index (χ1v) is 8.21. The van der Waals surface area contributed by atoms with Crippen molar-refractivity contribution in [1.82, 2.24) is 0 Å². The minimum atomic E-state index is -1.64. The SMILES string of the molecule is CCO[Si](C)(C)O[SiH2]C. The Morgan fingerprint density at radius 2 is 2.00 bits per heavy atom. The van der Waals surface area contributed by atoms with Gasteiger partial charge < -0.3 is 8.54 Å². The number of hydrogen-bond donors (Lipinski definition) is 0. The van der Waals surface area contributed by atoms with Gasteiger partial charge in [-0.15, -0.1) is 0 Å². The Hall–Kier alpha value is 0.354. The summed E-state index contributed by atoms with van der Waals surface area (Å²) in [5.74, 6) is 0. The Kier molecular flexibility index (Phi) is 4.38. The van der Waals surface area contributed by atoms with Gasteiger partial charge in [0.25, 0.3) is 0 Å². The molecule has 0 saturated heterocycles. The summed E-state index contributed by atoms with van der Waals surface area (Å²) in [6.07, 6.45) is 0. The minimum Gasteiger partial charge on any atom is -0.442 e. The third-order valence-corrected chi connectivity index (χ3v) is 5.90. The zero-order valence-corrected chi connectivity index (χ0v) is 9.14. The molecule has 0 aromatic carbocycles. The van der Waals surface area contributed by atoms with Crippen LogP contribution in [0.3, 0.4) is 0 Å². The van der Waals surface area contributed by atoms with Gasteiger partial charge in [0.15, 0.2) is 0 Å². The predicted molar refractivity (Wildman–Crippen MR) is 44.6 cm³/mol. The molecule has 0 aromatic rings. The highest BCUT2D eigenvalue weighted by atomic mass is 28.4. The van der Waals surface area contributed by atoms with E-state index in [2.05, 4.69) is 19.6 Å². The van der Waals surface area contributed by atoms with E-state index in [1.165, 1.54) is 0 Å². The van der Waals surface area contributed by atoms with Crippen molar-refractivity contribution >= 4 is 18.3 Å². The zero-order chi connectivity index (χ0) is 7.33. The molecule has 0 fully saturated rings. The molecule has 0 saturated carbocycles. The summed E-state index contributed by atoms with van der Waals surface area (Å²) in [4.78, 5) is 0. The molecule has 0 aliphatic carbocycles. The van der Waals surface area contributed by atoms with E-state index in [0.29, 0.717) is 0 Å². The van der Waals surface area contributed by atoms with Gasteiger partial charge in [0.2, 0.25) is 0 Å². The van der Waals surface area contributed by atoms with Crippen LogP contribution in [0.25, 0.3) is 0 Å². The van der Waals surface area contributed by atoms with Crippen LogP contribution in [0.2, 0.25) is 19.6 Å². The molecule has 9 heavy (non-hydrogen) atoms. The monoisotopic (exact) mass is 164 g/mol. The predicted octanol–water partition coefficient (Wildman–Crippen LogP) is 0.873. The van der Waals surface area contributed by atoms with E-state index in [4.69, 9.17) is 8.54 Å². The van der Waals surface area contributed by atoms with E-state index in [-0.39, 0.29) is 9.76 Å². The summed E-state index contributed by atoms with van der Waals surface area (Å²) in [6.45, 7) is 9.11. The van der Waals surface area contributed by atoms with Gasteiger partial charge in [-0.3, -0.25) is 0 Å². The van der Waals surface area contributed by atoms with Crippen LogP contribution in [0.1, 0.15) is 6.92 Å². The molecular formula is C5H16O2Si2. The fraction of sp³-hybridized carbons (Fsp3) is 1.00. The average molecular weight is 164 g/mol. The summed E-state index contributed by atoms with van der Waals surface area (Å²) in [7, 11) is -1.92. The maximum Gasteiger partial charge on any atom is 0.321 e. The number of hydrogen-bond acceptors (Lipinski definition) is 2. The Labute approximate surface area is 60.8 Å². The molecule has 0 atom stereocenters. The molecule has 0 heterocycles. The van der Waals surface area contributed by atoms with Crippen LogP contribution in [0.4, 0.5) is 0 Å². The van der Waals surface area contributed by atoms with Crippen molar-refractivity contribution in [2.45, 2.75) is 26.6 Å². The van der Waals surface area contributed by atoms with Crippen molar-refractivity contribution in [2.75, 3.05) is 6.61 Å². The molecule has 4 heteroatoms. The van der Waals surface area contributed by atoms with Gasteiger partial charge in [0.1, 0.15) is 9.76 Å². The Bertz CT molecular complexity index is 67.4. The molecule has 0 spiro atoms. The summed E-state index contributed by atoms with van der Waals surface area (Å²) < 4.78 is 10.9. The highest BCUT2D eigenvalue weighted by Crippen LogP contribution is 2.03. The Morgan fingerprint density at radius 3 is 2.33 bits per heavy atom. The molecule has 0 aromatic heterocycles. The highest BCUT2D eigenvalue weighted by Gasteiger charge is 2.21. The fourth-order valence-electron chi connectivity index (χ4n) is 0.737. The van der Waals surface area contributed by atoms with Gasteiger partial charge in [-0.05, 0) is 20.0 Å². The molecule has 0 aliphatic heterocycles. The summed E-state index contributed by atoms with van der Waals surface area (Å²) in [5, 5.41) is 0. The first-order chi connectivity index (χ1) is 4.12. The van der Waals surface area contributed by atoms with Crippen molar-refractivity contribution in [2.24, 2.45) is 0 Å². The second-order valence-electron chi connectivity index (χ2n) is 2.27. The zero-order valence-electron chi connectivity index (χ0n) is 6.73. The van der Waals surface area contributed by atoms with Crippen molar-refractivity contribution < 1.29 is 8.54 Å². The summed E-state index contributed by atoms with van der Waals surface area (Å²) in [5.41, 5.74) is 0. The second-order valence-corrected chi connectivity index (χ2v) is 7.09. The first-order valence-electron chi connectivity index (χ1n) is 3.40. The van der Waals surface area contributed by atoms with Crippen LogP contribution >= 0.6 is 0 Å². The van der Waals surface area contributed by atoms with Crippen LogP contribution < -0.4 is 0 Å². The summed E-state index contributed by atoms with van der Waals surface area (Å²) in [6, 6.07) is 0. The lowest BCUT2D eigenvalue weighted by atomic mass is 10.9. The van der Waals surface area contributed by atoms with Crippen molar-refractivity contribution in [3.63, 3.8) is 0 Å². The third-order valence-electron chi connectivity index (χ3n) is 0.984. The van der Waals surface area contributed by atoms with Crippen molar-refractivity contribution in [1.29, 1.82) is 0 Å². The molecule has 0 rings (SSSR count). The fourth-order valence-corrected chi connectivity index (χ4v) is 4.55. The Balaban J connectivity index is 3.43. The lowest BCUT2D eigenvalue weighted by Crippen LogP contribution is -2.35. The normalized spacial score (nSPS) is 13.3. The van der Waals surface area contributed by atoms with Gasteiger partial charge in [-0.2, -0.15) is 0 Å². The van der Waals surface area contributed by atoms with Gasteiger partial charge in [0, 0.05) is 6.61 Å². The van der Waals surface area contributed by atoms with E-state index >= 15 is 0 Å². The standard InChI is InChI=1S/C5H16O2Si2/c1-5-6-9(3,4)7-8-2/h5,8H2,1-4H3. The molecule has 0 aliphatic rings. The largest absolute Gasteiger partial charge is 0.442 e. The van der Waals surface area contributed by atoms with Crippen LogP contribution in [0.15, 0.2) is 0 Å². The molecular weight excluding hydrogens is 148 g/mol. The molecule has 56 valence electrons. The van der Waals surface area contributed by atoms with Gasteiger partial charge >= 0.3 is 8.56 Å². The highest BCUT2D eigenvalue weighted by molar-refractivity contribution is 6.69. The van der Waals surface area contributed by atoms with E-state index in [0.717, 1.165) is 6.61 Å². The molecule has 0 radical (unpaired) electrons. The lowest BCUT2D eigenvalue weighted by molar-refractivity contribution is 0.268. The average Bonchev–Trinajstić information content (AvgIpc) is 1.64. The van der Waals surface area contributed by atoms with Crippen LogP contribution in [0.5, 0.6) is 0 Å². The third kappa shape index (κ3) is 4.83. The maximum atomic E-state index is 5.53. The Morgan fingerprint density at radius 1 is 1.44 bits per heavy atom. The van der Waals surface area contributed by atoms with Gasteiger partial charge in [0.05, 0.1) is 0 Å². The molecule has 2 nitrogen and oxygen atoms in total. The number of rotatable bonds is 4. The quantitative estimate of drug-likeness (QED) is 0.574. The maximum absolute atomic E-state index is 5.53. The van der Waals surface area contributed by atoms with Crippen molar-refractivity contribution in [3.8, 4) is 0 Å². The topological polar surface area (TPSA) is 18.5 Å². The smallest absolute Gasteiger partial charge is 0.321 e. The van der Waals surface area contributed by atoms with E-state index in [1.807, 2.05) is 6.92 Å². The lowest BCUT2D eigenvalue weighted by Gasteiger charge is -2.20. The van der Waals surface area contributed by atoms with E-state index in [9.17, 15) is 0 Å². The molecule has 0 amide bonds.